The zero-order chi connectivity index (χ0) is 18.1. The number of guanidine groups is 1. The second kappa shape index (κ2) is 12.4. The van der Waals surface area contributed by atoms with Crippen molar-refractivity contribution < 1.29 is 9.47 Å². The Kier molecular flexibility index (Phi) is 11.0. The molecule has 0 radical (unpaired) electrons. The lowest BCUT2D eigenvalue weighted by molar-refractivity contribution is 0.0264. The molecular weight excluding hydrogens is 441 g/mol. The fraction of sp³-hybridized carbons (Fsp3) is 0.650. The molecule has 0 atom stereocenters. The number of ether oxygens (including phenoxy) is 2. The van der Waals surface area contributed by atoms with Gasteiger partial charge in [-0.3, -0.25) is 4.99 Å². The number of piperidine rings is 1. The number of hydrogen-bond donors (Lipinski definition) is 1. The molecule has 0 aliphatic carbocycles. The van der Waals surface area contributed by atoms with Crippen molar-refractivity contribution in [3.05, 3.63) is 29.3 Å². The number of aryl methyl sites for hydroxylation is 1. The Morgan fingerprint density at radius 3 is 2.62 bits per heavy atom. The minimum Gasteiger partial charge on any atom is -0.496 e. The molecule has 0 saturated carbocycles. The summed E-state index contributed by atoms with van der Waals surface area (Å²) in [5.74, 6) is 1.97. The molecule has 1 fully saturated rings. The van der Waals surface area contributed by atoms with E-state index >= 15 is 0 Å². The number of nitrogens with zero attached hydrogens (tertiary/aromatic N) is 2. The Morgan fingerprint density at radius 2 is 2.00 bits per heavy atom. The number of rotatable bonds is 7. The Morgan fingerprint density at radius 1 is 1.27 bits per heavy atom. The maximum atomic E-state index is 5.75. The Bertz CT molecular complexity index is 558. The van der Waals surface area contributed by atoms with Crippen molar-refractivity contribution >= 4 is 29.9 Å². The van der Waals surface area contributed by atoms with Gasteiger partial charge < -0.3 is 19.7 Å². The van der Waals surface area contributed by atoms with Gasteiger partial charge in [-0.05, 0) is 51.7 Å². The molecule has 0 spiro atoms. The van der Waals surface area contributed by atoms with Crippen LogP contribution in [0.1, 0.15) is 37.8 Å². The van der Waals surface area contributed by atoms with E-state index in [0.29, 0.717) is 6.10 Å². The van der Waals surface area contributed by atoms with Gasteiger partial charge in [0.15, 0.2) is 5.96 Å². The molecule has 1 aliphatic rings. The van der Waals surface area contributed by atoms with Gasteiger partial charge in [-0.15, -0.1) is 24.0 Å². The zero-order valence-corrected chi connectivity index (χ0v) is 18.9. The first-order chi connectivity index (χ1) is 12.2. The van der Waals surface area contributed by atoms with E-state index in [4.69, 9.17) is 14.5 Å². The summed E-state index contributed by atoms with van der Waals surface area (Å²) in [4.78, 5) is 7.20. The molecule has 1 heterocycles. The lowest BCUT2D eigenvalue weighted by atomic mass is 10.1. The van der Waals surface area contributed by atoms with Gasteiger partial charge in [-0.2, -0.15) is 0 Å². The molecule has 1 saturated heterocycles. The van der Waals surface area contributed by atoms with Gasteiger partial charge in [-0.25, -0.2) is 0 Å². The molecule has 148 valence electrons. The maximum Gasteiger partial charge on any atom is 0.193 e. The summed E-state index contributed by atoms with van der Waals surface area (Å²) in [5, 5.41) is 3.43. The highest BCUT2D eigenvalue weighted by molar-refractivity contribution is 14.0. The van der Waals surface area contributed by atoms with Crippen LogP contribution in [0.2, 0.25) is 0 Å². The van der Waals surface area contributed by atoms with E-state index < -0.39 is 0 Å². The van der Waals surface area contributed by atoms with Crippen LogP contribution in [0.5, 0.6) is 5.75 Å². The van der Waals surface area contributed by atoms with E-state index in [-0.39, 0.29) is 24.0 Å². The number of benzene rings is 1. The Labute approximate surface area is 175 Å². The third-order valence-corrected chi connectivity index (χ3v) is 4.56. The number of halogens is 1. The normalized spacial score (nSPS) is 15.5. The molecule has 1 aromatic carbocycles. The number of nitrogens with one attached hydrogen (secondary N) is 1. The molecule has 6 heteroatoms. The molecule has 26 heavy (non-hydrogen) atoms. The highest BCUT2D eigenvalue weighted by Gasteiger charge is 2.21. The quantitative estimate of drug-likeness (QED) is 0.372. The van der Waals surface area contributed by atoms with Crippen LogP contribution in [0.15, 0.2) is 23.2 Å². The van der Waals surface area contributed by atoms with Crippen molar-refractivity contribution in [2.45, 2.75) is 46.1 Å². The summed E-state index contributed by atoms with van der Waals surface area (Å²) in [6.45, 7) is 10.7. The number of likely N-dealkylation sites (tertiary alicyclic amines) is 1. The van der Waals surface area contributed by atoms with E-state index in [2.05, 4.69) is 43.1 Å². The van der Waals surface area contributed by atoms with Gasteiger partial charge in [0, 0.05) is 32.8 Å². The Hall–Kier alpha value is -1.02. The number of methoxy groups -OCH3 is 1. The van der Waals surface area contributed by atoms with Gasteiger partial charge in [0.2, 0.25) is 0 Å². The smallest absolute Gasteiger partial charge is 0.193 e. The van der Waals surface area contributed by atoms with Crippen LogP contribution in [-0.4, -0.2) is 56.9 Å². The van der Waals surface area contributed by atoms with Gasteiger partial charge in [0.25, 0.3) is 0 Å². The van der Waals surface area contributed by atoms with Crippen molar-refractivity contribution in [1.82, 2.24) is 10.2 Å². The van der Waals surface area contributed by atoms with Crippen LogP contribution in [-0.2, 0) is 11.2 Å². The van der Waals surface area contributed by atoms with Crippen molar-refractivity contribution in [1.29, 1.82) is 0 Å². The summed E-state index contributed by atoms with van der Waals surface area (Å²) in [6, 6.07) is 6.31. The molecular formula is C20H34IN3O2. The topological polar surface area (TPSA) is 46.1 Å². The van der Waals surface area contributed by atoms with Gasteiger partial charge in [0.1, 0.15) is 5.75 Å². The second-order valence-electron chi connectivity index (χ2n) is 6.44. The highest BCUT2D eigenvalue weighted by atomic mass is 127. The van der Waals surface area contributed by atoms with Crippen LogP contribution in [0.4, 0.5) is 0 Å². The monoisotopic (exact) mass is 475 g/mol. The second-order valence-corrected chi connectivity index (χ2v) is 6.44. The average Bonchev–Trinajstić information content (AvgIpc) is 2.62. The van der Waals surface area contributed by atoms with Crippen LogP contribution in [0, 0.1) is 6.92 Å². The minimum atomic E-state index is 0. The molecule has 2 rings (SSSR count). The standard InChI is InChI=1S/C20H33N3O2.HI/c1-5-21-20(23-13-10-18(11-14-23)25-6-2)22-12-9-17-15-16(3)7-8-19(17)24-4;/h7-8,15,18H,5-6,9-14H2,1-4H3,(H,21,22);1H. The summed E-state index contributed by atoms with van der Waals surface area (Å²) < 4.78 is 11.2. The van der Waals surface area contributed by atoms with Crippen molar-refractivity contribution in [3.8, 4) is 5.75 Å². The SMILES string of the molecule is CCNC(=NCCc1cc(C)ccc1OC)N1CCC(OCC)CC1.I. The van der Waals surface area contributed by atoms with E-state index in [9.17, 15) is 0 Å². The van der Waals surface area contributed by atoms with Crippen molar-refractivity contribution in [2.75, 3.05) is 39.9 Å². The van der Waals surface area contributed by atoms with Crippen LogP contribution in [0.3, 0.4) is 0 Å². The van der Waals surface area contributed by atoms with Crippen LogP contribution in [0.25, 0.3) is 0 Å². The van der Waals surface area contributed by atoms with E-state index in [1.54, 1.807) is 7.11 Å². The maximum absolute atomic E-state index is 5.75. The first-order valence-electron chi connectivity index (χ1n) is 9.46. The number of aliphatic imine (C=N–C) groups is 1. The Balaban J connectivity index is 0.00000338. The predicted octanol–water partition coefficient (Wildman–Crippen LogP) is 3.63. The fourth-order valence-corrected chi connectivity index (χ4v) is 3.28. The third-order valence-electron chi connectivity index (χ3n) is 4.56. The molecule has 0 amide bonds. The van der Waals surface area contributed by atoms with Crippen molar-refractivity contribution in [3.63, 3.8) is 0 Å². The lowest BCUT2D eigenvalue weighted by Crippen LogP contribution is -2.47. The van der Waals surface area contributed by atoms with Gasteiger partial charge >= 0.3 is 0 Å². The predicted molar refractivity (Wildman–Crippen MR) is 119 cm³/mol. The molecule has 0 unspecified atom stereocenters. The van der Waals surface area contributed by atoms with Crippen LogP contribution >= 0.6 is 24.0 Å². The minimum absolute atomic E-state index is 0. The molecule has 5 nitrogen and oxygen atoms in total. The molecule has 1 aromatic rings. The fourth-order valence-electron chi connectivity index (χ4n) is 3.28. The first kappa shape index (κ1) is 23.0. The van der Waals surface area contributed by atoms with Crippen molar-refractivity contribution in [2.24, 2.45) is 4.99 Å². The van der Waals surface area contributed by atoms with E-state index in [0.717, 1.165) is 63.8 Å². The summed E-state index contributed by atoms with van der Waals surface area (Å²) in [5.41, 5.74) is 2.47. The molecule has 0 bridgehead atoms. The summed E-state index contributed by atoms with van der Waals surface area (Å²) >= 11 is 0. The zero-order valence-electron chi connectivity index (χ0n) is 16.6. The summed E-state index contributed by atoms with van der Waals surface area (Å²) in [6.07, 6.45) is 3.43. The van der Waals surface area contributed by atoms with Crippen LogP contribution < -0.4 is 10.1 Å². The third kappa shape index (κ3) is 6.95. The molecule has 1 N–H and O–H groups in total. The van der Waals surface area contributed by atoms with E-state index in [1.807, 2.05) is 6.07 Å². The number of hydrogen-bond acceptors (Lipinski definition) is 3. The molecule has 0 aromatic heterocycles. The average molecular weight is 475 g/mol. The van der Waals surface area contributed by atoms with Gasteiger partial charge in [-0.1, -0.05) is 17.7 Å². The van der Waals surface area contributed by atoms with Gasteiger partial charge in [0.05, 0.1) is 13.2 Å². The first-order valence-corrected chi connectivity index (χ1v) is 9.46. The summed E-state index contributed by atoms with van der Waals surface area (Å²) in [7, 11) is 1.73. The van der Waals surface area contributed by atoms with E-state index in [1.165, 1.54) is 11.1 Å². The lowest BCUT2D eigenvalue weighted by Gasteiger charge is -2.34. The largest absolute Gasteiger partial charge is 0.496 e. The molecule has 1 aliphatic heterocycles. The highest BCUT2D eigenvalue weighted by Crippen LogP contribution is 2.20.